The van der Waals surface area contributed by atoms with Crippen molar-refractivity contribution < 1.29 is 23.9 Å². The number of rotatable bonds is 15. The predicted molar refractivity (Wildman–Crippen MR) is 217 cm³/mol. The molecule has 1 fully saturated rings. The summed E-state index contributed by atoms with van der Waals surface area (Å²) in [5, 5.41) is 11.6. The van der Waals surface area contributed by atoms with Crippen molar-refractivity contribution in [2.75, 3.05) is 53.0 Å². The first-order chi connectivity index (χ1) is 26.1. The monoisotopic (exact) mass is 779 g/mol. The number of morpholine rings is 1. The Labute approximate surface area is 328 Å². The topological polar surface area (TPSA) is 138 Å². The minimum absolute atomic E-state index is 0.196. The Balaban J connectivity index is 0.000000462. The van der Waals surface area contributed by atoms with Crippen LogP contribution in [0.15, 0.2) is 77.8 Å². The van der Waals surface area contributed by atoms with Crippen LogP contribution in [0.5, 0.6) is 0 Å². The summed E-state index contributed by atoms with van der Waals surface area (Å²) in [6, 6.07) is 19.5. The summed E-state index contributed by atoms with van der Waals surface area (Å²) >= 11 is 3.02. The summed E-state index contributed by atoms with van der Waals surface area (Å²) in [6.45, 7) is 13.4. The summed E-state index contributed by atoms with van der Waals surface area (Å²) in [5.41, 5.74) is 5.17. The van der Waals surface area contributed by atoms with E-state index in [4.69, 9.17) is 9.47 Å². The van der Waals surface area contributed by atoms with E-state index < -0.39 is 12.1 Å². The largest absolute Gasteiger partial charge is 0.444 e. The zero-order chi connectivity index (χ0) is 39.0. The van der Waals surface area contributed by atoms with Crippen molar-refractivity contribution >= 4 is 40.7 Å². The van der Waals surface area contributed by atoms with E-state index in [0.29, 0.717) is 64.6 Å². The van der Waals surface area contributed by atoms with Crippen LogP contribution in [0.1, 0.15) is 65.7 Å². The van der Waals surface area contributed by atoms with Crippen molar-refractivity contribution in [3.05, 3.63) is 104 Å². The van der Waals surface area contributed by atoms with Crippen LogP contribution in [0.2, 0.25) is 0 Å². The first kappa shape index (κ1) is 44.0. The molecule has 12 nitrogen and oxygen atoms in total. The molecular formula is C40H57N7O5S2. The molecule has 4 amide bonds. The van der Waals surface area contributed by atoms with Gasteiger partial charge in [0.25, 0.3) is 0 Å². The molecule has 0 aliphatic carbocycles. The molecule has 0 spiro atoms. The average Bonchev–Trinajstić information content (AvgIpc) is 3.88. The molecule has 294 valence electrons. The first-order valence-corrected chi connectivity index (χ1v) is 20.2. The van der Waals surface area contributed by atoms with Crippen molar-refractivity contribution in [3.8, 4) is 0 Å². The van der Waals surface area contributed by atoms with Gasteiger partial charge in [0.05, 0.1) is 40.8 Å². The van der Waals surface area contributed by atoms with Crippen molar-refractivity contribution in [2.24, 2.45) is 0 Å². The number of alkyl carbamates (subject to hydrolysis) is 1. The van der Waals surface area contributed by atoms with E-state index >= 15 is 0 Å². The molecule has 1 aliphatic rings. The van der Waals surface area contributed by atoms with Gasteiger partial charge in [0, 0.05) is 57.3 Å². The number of benzene rings is 2. The fraction of sp³-hybridized carbons (Fsp3) is 0.475. The van der Waals surface area contributed by atoms with Crippen LogP contribution in [0.25, 0.3) is 0 Å². The van der Waals surface area contributed by atoms with Gasteiger partial charge in [-0.25, -0.2) is 14.6 Å². The molecule has 0 saturated carbocycles. The molecule has 1 atom stereocenters. The molecule has 14 heteroatoms. The highest BCUT2D eigenvalue weighted by Crippen LogP contribution is 2.20. The lowest BCUT2D eigenvalue weighted by atomic mass is 10.1. The van der Waals surface area contributed by atoms with Crippen LogP contribution in [-0.2, 0) is 27.4 Å². The van der Waals surface area contributed by atoms with Gasteiger partial charge in [0.15, 0.2) is 0 Å². The van der Waals surface area contributed by atoms with E-state index in [1.54, 1.807) is 35.0 Å². The minimum atomic E-state index is -0.667. The third-order valence-electron chi connectivity index (χ3n) is 8.14. The number of urea groups is 1. The lowest BCUT2D eigenvalue weighted by Crippen LogP contribution is -2.52. The van der Waals surface area contributed by atoms with Gasteiger partial charge in [-0.3, -0.25) is 14.7 Å². The Kier molecular flexibility index (Phi) is 20.9. The van der Waals surface area contributed by atoms with E-state index in [0.717, 1.165) is 28.7 Å². The molecule has 0 radical (unpaired) electrons. The number of hydrogen-bond donors (Lipinski definition) is 3. The second-order valence-corrected chi connectivity index (χ2v) is 15.1. The maximum absolute atomic E-state index is 13.1. The number of amides is 4. The third-order valence-corrected chi connectivity index (χ3v) is 10.1. The molecule has 4 aromatic rings. The molecule has 54 heavy (non-hydrogen) atoms. The number of hydrogen-bond acceptors (Lipinski definition) is 10. The molecule has 5 rings (SSSR count). The van der Waals surface area contributed by atoms with Crippen LogP contribution in [0, 0.1) is 13.8 Å². The number of carbonyl (C=O) groups excluding carboxylic acids is 3. The number of nitrogens with one attached hydrogen (secondary N) is 3. The van der Waals surface area contributed by atoms with Crippen molar-refractivity contribution in [2.45, 2.75) is 72.1 Å². The summed E-state index contributed by atoms with van der Waals surface area (Å²) in [6.07, 6.45) is 3.03. The van der Waals surface area contributed by atoms with Crippen molar-refractivity contribution in [1.82, 2.24) is 35.7 Å². The number of aryl methyl sites for hydroxylation is 2. The number of thiazole rings is 2. The molecule has 2 aromatic heterocycles. The molecular weight excluding hydrogens is 723 g/mol. The Morgan fingerprint density at radius 1 is 0.926 bits per heavy atom. The normalized spacial score (nSPS) is 13.0. The fourth-order valence-corrected chi connectivity index (χ4v) is 6.32. The second-order valence-electron chi connectivity index (χ2n) is 13.2. The maximum Gasteiger partial charge on any atom is 0.407 e. The SMILES string of the molecule is CC(C)c1nc(CN(C)C(=O)NC(CCN2CCOCC2)C(=O)NCCCCNC(=O)OCc2cncs2)cs1.Cc1ccccc1.Cc1ccccc1. The standard InChI is InChI=1S/C26H41N7O5S2.2C7H8/c1-19(2)24-30-20(17-39-24)15-32(3)25(35)31-22(6-9-33-10-12-37-13-11-33)23(34)28-7-4-5-8-29-26(36)38-16-21-14-27-18-40-21;2*1-7-5-3-2-4-6-7/h14,17-19,22H,4-13,15-16H2,1-3H3,(H,28,34)(H,29,36)(H,31,35);2*2-6H,1H3. The fourth-order valence-electron chi connectivity index (χ4n) is 4.98. The summed E-state index contributed by atoms with van der Waals surface area (Å²) < 4.78 is 10.6. The highest BCUT2D eigenvalue weighted by molar-refractivity contribution is 7.09. The molecule has 1 unspecified atom stereocenters. The molecule has 1 saturated heterocycles. The van der Waals surface area contributed by atoms with Gasteiger partial charge in [0.1, 0.15) is 12.6 Å². The highest BCUT2D eigenvalue weighted by atomic mass is 32.1. The van der Waals surface area contributed by atoms with E-state index in [2.05, 4.69) is 82.8 Å². The lowest BCUT2D eigenvalue weighted by molar-refractivity contribution is -0.123. The molecule has 3 N–H and O–H groups in total. The maximum atomic E-state index is 13.1. The van der Waals surface area contributed by atoms with Gasteiger partial charge in [-0.1, -0.05) is 85.6 Å². The Bertz CT molecular complexity index is 1560. The third kappa shape index (κ3) is 18.6. The number of carbonyl (C=O) groups is 3. The Hall–Kier alpha value is -4.37. The molecule has 0 bridgehead atoms. The van der Waals surface area contributed by atoms with E-state index in [-0.39, 0.29) is 18.5 Å². The van der Waals surface area contributed by atoms with Crippen LogP contribution in [0.4, 0.5) is 9.59 Å². The Morgan fingerprint density at radius 2 is 1.56 bits per heavy atom. The Morgan fingerprint density at radius 3 is 2.09 bits per heavy atom. The zero-order valence-electron chi connectivity index (χ0n) is 32.3. The summed E-state index contributed by atoms with van der Waals surface area (Å²) in [4.78, 5) is 51.0. The van der Waals surface area contributed by atoms with Crippen LogP contribution < -0.4 is 16.0 Å². The molecule has 1 aliphatic heterocycles. The molecule has 3 heterocycles. The van der Waals surface area contributed by atoms with Gasteiger partial charge in [-0.2, -0.15) is 0 Å². The van der Waals surface area contributed by atoms with Crippen molar-refractivity contribution in [1.29, 1.82) is 0 Å². The first-order valence-electron chi connectivity index (χ1n) is 18.5. The number of unbranched alkanes of at least 4 members (excludes halogenated alkanes) is 1. The van der Waals surface area contributed by atoms with Crippen molar-refractivity contribution in [3.63, 3.8) is 0 Å². The zero-order valence-corrected chi connectivity index (χ0v) is 33.9. The van der Waals surface area contributed by atoms with E-state index in [9.17, 15) is 14.4 Å². The van der Waals surface area contributed by atoms with Gasteiger partial charge >= 0.3 is 12.1 Å². The van der Waals surface area contributed by atoms with E-state index in [1.165, 1.54) is 22.5 Å². The van der Waals surface area contributed by atoms with Gasteiger partial charge in [-0.05, 0) is 33.1 Å². The number of nitrogens with zero attached hydrogens (tertiary/aromatic N) is 4. The van der Waals surface area contributed by atoms with E-state index in [1.807, 2.05) is 41.8 Å². The lowest BCUT2D eigenvalue weighted by Gasteiger charge is -2.29. The van der Waals surface area contributed by atoms with Crippen LogP contribution in [0.3, 0.4) is 0 Å². The number of aromatic nitrogens is 2. The quantitative estimate of drug-likeness (QED) is 0.113. The van der Waals surface area contributed by atoms with Gasteiger partial charge in [0.2, 0.25) is 5.91 Å². The second kappa shape index (κ2) is 25.6. The average molecular weight is 780 g/mol. The molecule has 2 aromatic carbocycles. The minimum Gasteiger partial charge on any atom is -0.444 e. The van der Waals surface area contributed by atoms with Gasteiger partial charge < -0.3 is 30.3 Å². The number of ether oxygens (including phenoxy) is 2. The highest BCUT2D eigenvalue weighted by Gasteiger charge is 2.24. The smallest absolute Gasteiger partial charge is 0.407 e. The van der Waals surface area contributed by atoms with Crippen LogP contribution >= 0.6 is 22.7 Å². The van der Waals surface area contributed by atoms with Gasteiger partial charge in [-0.15, -0.1) is 22.7 Å². The summed E-state index contributed by atoms with van der Waals surface area (Å²) in [7, 11) is 1.70. The summed E-state index contributed by atoms with van der Waals surface area (Å²) in [5.74, 6) is 0.118. The van der Waals surface area contributed by atoms with Crippen LogP contribution in [-0.4, -0.2) is 96.8 Å². The predicted octanol–water partition coefficient (Wildman–Crippen LogP) is 6.77.